The molecular formula is C28H40F2N8O2. The predicted octanol–water partition coefficient (Wildman–Crippen LogP) is 2.86. The summed E-state index contributed by atoms with van der Waals surface area (Å²) in [5, 5.41) is 4.53. The van der Waals surface area contributed by atoms with Crippen molar-refractivity contribution in [3.63, 3.8) is 0 Å². The van der Waals surface area contributed by atoms with Crippen molar-refractivity contribution < 1.29 is 18.3 Å². The molecule has 0 spiro atoms. The maximum absolute atomic E-state index is 13.9. The number of aryl methyl sites for hydroxylation is 1. The Morgan fingerprint density at radius 3 is 2.48 bits per heavy atom. The number of ether oxygens (including phenoxy) is 1. The summed E-state index contributed by atoms with van der Waals surface area (Å²) in [6.45, 7) is 14.2. The van der Waals surface area contributed by atoms with Gasteiger partial charge in [0, 0.05) is 82.7 Å². The monoisotopic (exact) mass is 558 g/mol. The zero-order valence-electron chi connectivity index (χ0n) is 23.7. The molecular weight excluding hydrogens is 518 g/mol. The maximum Gasteiger partial charge on any atom is 0.297 e. The van der Waals surface area contributed by atoms with Crippen LogP contribution in [0.4, 0.5) is 20.4 Å². The number of piperazine rings is 1. The van der Waals surface area contributed by atoms with E-state index in [9.17, 15) is 13.6 Å². The zero-order chi connectivity index (χ0) is 28.4. The maximum atomic E-state index is 13.9. The second kappa shape index (κ2) is 12.2. The van der Waals surface area contributed by atoms with Crippen molar-refractivity contribution in [2.45, 2.75) is 57.7 Å². The molecule has 0 bridgehead atoms. The number of methoxy groups -OCH3 is 1. The molecule has 2 atom stereocenters. The lowest BCUT2D eigenvalue weighted by molar-refractivity contribution is -0.128. The fourth-order valence-corrected chi connectivity index (χ4v) is 6.32. The van der Waals surface area contributed by atoms with Crippen molar-refractivity contribution in [1.82, 2.24) is 29.5 Å². The lowest BCUT2D eigenvalue weighted by Gasteiger charge is -2.53. The molecule has 0 N–H and O–H groups in total. The van der Waals surface area contributed by atoms with Crippen molar-refractivity contribution in [3.05, 3.63) is 42.0 Å². The standard InChI is InChI=1S/C28H40F2N8O2/c1-5-25(39)36-12-10-34(11-13-36)22-18-37(20(22)3)24-16-23(32-28(33-24)27(29)30)35-8-6-21(7-9-35)26-19(2)17-31-38(26)14-15-40-4/h5,16-17,20-22,27H,1,6-15,18H2,2-4H3/t20-,22-/m1/s1. The minimum atomic E-state index is -2.74. The summed E-state index contributed by atoms with van der Waals surface area (Å²) in [6, 6.07) is 2.28. The van der Waals surface area contributed by atoms with Gasteiger partial charge in [0.15, 0.2) is 5.82 Å². The van der Waals surface area contributed by atoms with Crippen LogP contribution in [-0.4, -0.2) is 107 Å². The summed E-state index contributed by atoms with van der Waals surface area (Å²) in [5.74, 6) is 1.02. The number of rotatable bonds is 9. The third kappa shape index (κ3) is 5.69. The van der Waals surface area contributed by atoms with Crippen molar-refractivity contribution in [1.29, 1.82) is 0 Å². The number of anilines is 2. The molecule has 0 unspecified atom stereocenters. The molecule has 2 aromatic rings. The van der Waals surface area contributed by atoms with E-state index >= 15 is 0 Å². The topological polar surface area (TPSA) is 82.9 Å². The van der Waals surface area contributed by atoms with Gasteiger partial charge in [-0.2, -0.15) is 5.10 Å². The van der Waals surface area contributed by atoms with Gasteiger partial charge in [-0.25, -0.2) is 18.7 Å². The normalized spacial score (nSPS) is 22.6. The zero-order valence-corrected chi connectivity index (χ0v) is 23.7. The van der Waals surface area contributed by atoms with Gasteiger partial charge in [-0.05, 0) is 38.3 Å². The Bertz CT molecular complexity index is 1190. The molecule has 12 heteroatoms. The minimum Gasteiger partial charge on any atom is -0.383 e. The average Bonchev–Trinajstić information content (AvgIpc) is 3.34. The first-order valence-electron chi connectivity index (χ1n) is 14.2. The Kier molecular flexibility index (Phi) is 8.65. The minimum absolute atomic E-state index is 0.0353. The van der Waals surface area contributed by atoms with Gasteiger partial charge in [-0.3, -0.25) is 14.4 Å². The molecule has 2 aromatic heterocycles. The molecule has 5 heterocycles. The van der Waals surface area contributed by atoms with E-state index in [1.807, 2.05) is 21.8 Å². The summed E-state index contributed by atoms with van der Waals surface area (Å²) < 4.78 is 35.1. The molecule has 0 radical (unpaired) electrons. The molecule has 0 aliphatic carbocycles. The molecule has 3 saturated heterocycles. The van der Waals surface area contributed by atoms with E-state index in [2.05, 4.69) is 50.2 Å². The van der Waals surface area contributed by atoms with E-state index in [0.717, 1.165) is 39.0 Å². The average molecular weight is 559 g/mol. The molecule has 3 fully saturated rings. The molecule has 10 nitrogen and oxygen atoms in total. The van der Waals surface area contributed by atoms with E-state index in [-0.39, 0.29) is 18.0 Å². The number of hydrogen-bond donors (Lipinski definition) is 0. The first-order valence-corrected chi connectivity index (χ1v) is 14.2. The Hall–Kier alpha value is -3.12. The molecule has 0 saturated carbocycles. The number of hydrogen-bond acceptors (Lipinski definition) is 8. The Labute approximate surface area is 234 Å². The van der Waals surface area contributed by atoms with Crippen molar-refractivity contribution >= 4 is 17.5 Å². The second-order valence-electron chi connectivity index (χ2n) is 11.0. The van der Waals surface area contributed by atoms with Gasteiger partial charge in [-0.15, -0.1) is 0 Å². The van der Waals surface area contributed by atoms with E-state index in [4.69, 9.17) is 4.74 Å². The highest BCUT2D eigenvalue weighted by atomic mass is 19.3. The van der Waals surface area contributed by atoms with E-state index in [1.165, 1.54) is 17.3 Å². The lowest BCUT2D eigenvalue weighted by Crippen LogP contribution is -2.68. The first kappa shape index (κ1) is 28.4. The van der Waals surface area contributed by atoms with E-state index < -0.39 is 12.2 Å². The van der Waals surface area contributed by atoms with E-state index in [1.54, 1.807) is 7.11 Å². The third-order valence-electron chi connectivity index (χ3n) is 8.69. The van der Waals surface area contributed by atoms with Crippen LogP contribution in [0, 0.1) is 6.92 Å². The van der Waals surface area contributed by atoms with Crippen LogP contribution in [0.1, 0.15) is 49.2 Å². The summed E-state index contributed by atoms with van der Waals surface area (Å²) in [5.41, 5.74) is 2.41. The van der Waals surface area contributed by atoms with Gasteiger partial charge in [0.2, 0.25) is 5.91 Å². The fraction of sp³-hybridized carbons (Fsp3) is 0.643. The number of nitrogens with zero attached hydrogens (tertiary/aromatic N) is 8. The summed E-state index contributed by atoms with van der Waals surface area (Å²) in [4.78, 5) is 28.9. The number of aromatic nitrogens is 4. The first-order chi connectivity index (χ1) is 19.3. The molecule has 5 rings (SSSR count). The van der Waals surface area contributed by atoms with Gasteiger partial charge in [0.1, 0.15) is 11.6 Å². The van der Waals surface area contributed by atoms with Gasteiger partial charge in [0.25, 0.3) is 6.43 Å². The van der Waals surface area contributed by atoms with Crippen LogP contribution in [0.15, 0.2) is 24.9 Å². The predicted molar refractivity (Wildman–Crippen MR) is 149 cm³/mol. The third-order valence-corrected chi connectivity index (χ3v) is 8.69. The number of alkyl halides is 2. The van der Waals surface area contributed by atoms with Crippen LogP contribution < -0.4 is 9.80 Å². The number of halogens is 2. The quantitative estimate of drug-likeness (QED) is 0.435. The van der Waals surface area contributed by atoms with Gasteiger partial charge in [-0.1, -0.05) is 6.58 Å². The molecule has 0 aromatic carbocycles. The highest BCUT2D eigenvalue weighted by molar-refractivity contribution is 5.87. The Morgan fingerprint density at radius 1 is 1.15 bits per heavy atom. The molecule has 218 valence electrons. The van der Waals surface area contributed by atoms with Crippen LogP contribution in [-0.2, 0) is 16.1 Å². The van der Waals surface area contributed by atoms with Gasteiger partial charge < -0.3 is 19.4 Å². The largest absolute Gasteiger partial charge is 0.383 e. The van der Waals surface area contributed by atoms with Crippen LogP contribution in [0.25, 0.3) is 0 Å². The molecule has 1 amide bonds. The summed E-state index contributed by atoms with van der Waals surface area (Å²) >= 11 is 0. The Balaban J connectivity index is 1.25. The van der Waals surface area contributed by atoms with Crippen LogP contribution in [0.2, 0.25) is 0 Å². The fourth-order valence-electron chi connectivity index (χ4n) is 6.32. The van der Waals surface area contributed by atoms with Crippen LogP contribution >= 0.6 is 0 Å². The van der Waals surface area contributed by atoms with Crippen LogP contribution in [0.3, 0.4) is 0 Å². The highest BCUT2D eigenvalue weighted by Gasteiger charge is 2.42. The summed E-state index contributed by atoms with van der Waals surface area (Å²) in [7, 11) is 1.69. The van der Waals surface area contributed by atoms with Crippen LogP contribution in [0.5, 0.6) is 0 Å². The second-order valence-corrected chi connectivity index (χ2v) is 11.0. The van der Waals surface area contributed by atoms with Gasteiger partial charge in [0.05, 0.1) is 19.3 Å². The SMILES string of the molecule is C=CC(=O)N1CCN([C@@H]2CN(c3cc(N4CCC(c5c(C)cnn5CCOC)CC4)nc(C(F)F)n3)[C@@H]2C)CC1. The smallest absolute Gasteiger partial charge is 0.297 e. The molecule has 40 heavy (non-hydrogen) atoms. The number of piperidine rings is 1. The number of carbonyl (C=O) groups excluding carboxylic acids is 1. The summed E-state index contributed by atoms with van der Waals surface area (Å²) in [6.07, 6.45) is 2.32. The lowest BCUT2D eigenvalue weighted by atomic mass is 9.91. The van der Waals surface area contributed by atoms with Crippen molar-refractivity contribution in [2.75, 3.05) is 69.3 Å². The van der Waals surface area contributed by atoms with Gasteiger partial charge >= 0.3 is 0 Å². The van der Waals surface area contributed by atoms with Crippen molar-refractivity contribution in [2.24, 2.45) is 0 Å². The molecule has 3 aliphatic rings. The highest BCUT2D eigenvalue weighted by Crippen LogP contribution is 2.35. The van der Waals surface area contributed by atoms with Crippen molar-refractivity contribution in [3.8, 4) is 0 Å². The number of amides is 1. The van der Waals surface area contributed by atoms with E-state index in [0.29, 0.717) is 50.3 Å². The number of carbonyl (C=O) groups is 1. The Morgan fingerprint density at radius 2 is 1.85 bits per heavy atom. The molecule has 3 aliphatic heterocycles.